The highest BCUT2D eigenvalue weighted by Crippen LogP contribution is 2.44. The van der Waals surface area contributed by atoms with E-state index in [1.165, 1.54) is 54.1 Å². The van der Waals surface area contributed by atoms with E-state index >= 15 is 0 Å². The first-order valence-corrected chi connectivity index (χ1v) is 20.0. The predicted molar refractivity (Wildman–Crippen MR) is 259 cm³/mol. The Morgan fingerprint density at radius 3 is 1.35 bits per heavy atom. The number of para-hydroxylation sites is 4. The summed E-state index contributed by atoms with van der Waals surface area (Å²) in [4.78, 5) is 0. The van der Waals surface area contributed by atoms with Crippen LogP contribution in [0, 0.1) is 0 Å². The summed E-state index contributed by atoms with van der Waals surface area (Å²) in [6.07, 6.45) is 0. The Balaban J connectivity index is 1.16. The highest BCUT2D eigenvalue weighted by atomic mass is 15.0. The molecular formula is C52H28B5N3. The maximum absolute atomic E-state index is 6.48. The zero-order valence-corrected chi connectivity index (χ0v) is 32.4. The normalized spacial score (nSPS) is 12.0. The summed E-state index contributed by atoms with van der Waals surface area (Å²) >= 11 is 0. The molecule has 0 N–H and O–H groups in total. The van der Waals surface area contributed by atoms with Crippen molar-refractivity contribution in [3.05, 3.63) is 170 Å². The minimum atomic E-state index is 0.200. The van der Waals surface area contributed by atoms with Gasteiger partial charge in [0.25, 0.3) is 0 Å². The van der Waals surface area contributed by atoms with E-state index < -0.39 is 0 Å². The number of benzene rings is 9. The SMILES string of the molecule is [B]c1c([B])c([B])c(-c2ccc(-n3c4ccccc4c4cc5c6ccccc6n(-c6cc7c8ccccc8n(-c8ccccc8)c7c7ccccc67)c5cc43)cc2)c([B])c1[B]. The minimum Gasteiger partial charge on any atom is -0.309 e. The smallest absolute Gasteiger partial charge is 0.113 e. The van der Waals surface area contributed by atoms with E-state index in [0.717, 1.165) is 44.7 Å². The monoisotopic (exact) mass is 749 g/mol. The molecule has 0 unspecified atom stereocenters. The van der Waals surface area contributed by atoms with Gasteiger partial charge in [0.2, 0.25) is 0 Å². The molecule has 3 aromatic heterocycles. The summed E-state index contributed by atoms with van der Waals surface area (Å²) in [5, 5.41) is 9.51. The van der Waals surface area contributed by atoms with Crippen LogP contribution in [0.4, 0.5) is 0 Å². The molecule has 0 saturated carbocycles. The van der Waals surface area contributed by atoms with Crippen LogP contribution in [0.15, 0.2) is 170 Å². The Bertz CT molecular complexity index is 3740. The van der Waals surface area contributed by atoms with Crippen molar-refractivity contribution in [3.63, 3.8) is 0 Å². The Labute approximate surface area is 352 Å². The van der Waals surface area contributed by atoms with Crippen LogP contribution in [-0.2, 0) is 0 Å². The van der Waals surface area contributed by atoms with E-state index in [2.05, 4.69) is 171 Å². The predicted octanol–water partition coefficient (Wildman–Crippen LogP) is 7.77. The third-order valence-electron chi connectivity index (χ3n) is 12.5. The molecule has 0 spiro atoms. The van der Waals surface area contributed by atoms with Crippen molar-refractivity contribution in [1.82, 2.24) is 13.7 Å². The Kier molecular flexibility index (Phi) is 7.56. The maximum atomic E-state index is 6.48. The van der Waals surface area contributed by atoms with Gasteiger partial charge in [-0.2, -0.15) is 0 Å². The van der Waals surface area contributed by atoms with Gasteiger partial charge in [0.05, 0.1) is 38.8 Å². The van der Waals surface area contributed by atoms with Crippen LogP contribution in [0.1, 0.15) is 0 Å². The van der Waals surface area contributed by atoms with Gasteiger partial charge in [-0.05, 0) is 71.8 Å². The highest BCUT2D eigenvalue weighted by molar-refractivity contribution is 6.68. The summed E-state index contributed by atoms with van der Waals surface area (Å²) < 4.78 is 7.21. The summed E-state index contributed by atoms with van der Waals surface area (Å²) in [6, 6.07) is 60.9. The molecular weight excluding hydrogens is 721 g/mol. The third-order valence-corrected chi connectivity index (χ3v) is 12.5. The molecule has 12 rings (SSSR count). The molecule has 0 amide bonds. The molecule has 12 aromatic rings. The molecule has 8 heteroatoms. The van der Waals surface area contributed by atoms with E-state index in [1.807, 2.05) is 12.1 Å². The van der Waals surface area contributed by atoms with Crippen molar-refractivity contribution < 1.29 is 0 Å². The first-order chi connectivity index (χ1) is 29.4. The van der Waals surface area contributed by atoms with Crippen LogP contribution in [0.2, 0.25) is 0 Å². The van der Waals surface area contributed by atoms with E-state index in [0.29, 0.717) is 16.5 Å². The van der Waals surface area contributed by atoms with Crippen molar-refractivity contribution in [1.29, 1.82) is 0 Å². The average Bonchev–Trinajstić information content (AvgIpc) is 3.92. The van der Waals surface area contributed by atoms with Gasteiger partial charge in [-0.25, -0.2) is 0 Å². The van der Waals surface area contributed by atoms with Gasteiger partial charge >= 0.3 is 0 Å². The van der Waals surface area contributed by atoms with Crippen LogP contribution < -0.4 is 27.3 Å². The average molecular weight is 749 g/mol. The number of hydrogen-bond acceptors (Lipinski definition) is 0. The van der Waals surface area contributed by atoms with Gasteiger partial charge in [0, 0.05) is 54.5 Å². The second kappa shape index (κ2) is 13.0. The van der Waals surface area contributed by atoms with Gasteiger partial charge in [0.15, 0.2) is 0 Å². The number of rotatable bonds is 4. The Hall–Kier alpha value is -7.04. The summed E-state index contributed by atoms with van der Waals surface area (Å²) in [5.41, 5.74) is 12.7. The fourth-order valence-electron chi connectivity index (χ4n) is 9.74. The topological polar surface area (TPSA) is 14.8 Å². The third kappa shape index (κ3) is 4.79. The molecule has 0 fully saturated rings. The van der Waals surface area contributed by atoms with Crippen molar-refractivity contribution in [2.45, 2.75) is 0 Å². The Morgan fingerprint density at radius 1 is 0.283 bits per heavy atom. The number of aromatic nitrogens is 3. The summed E-state index contributed by atoms with van der Waals surface area (Å²) in [6.45, 7) is 0. The second-order valence-electron chi connectivity index (χ2n) is 15.6. The van der Waals surface area contributed by atoms with Gasteiger partial charge in [-0.3, -0.25) is 0 Å². The first kappa shape index (κ1) is 35.0. The highest BCUT2D eigenvalue weighted by Gasteiger charge is 2.23. The summed E-state index contributed by atoms with van der Waals surface area (Å²) in [7, 11) is 31.6. The summed E-state index contributed by atoms with van der Waals surface area (Å²) in [5.74, 6) is 0. The fraction of sp³-hybridized carbons (Fsp3) is 0. The lowest BCUT2D eigenvalue weighted by Crippen LogP contribution is -2.55. The molecule has 10 radical (unpaired) electrons. The lowest BCUT2D eigenvalue weighted by molar-refractivity contribution is 1.17. The van der Waals surface area contributed by atoms with Crippen molar-refractivity contribution in [3.8, 4) is 28.2 Å². The van der Waals surface area contributed by atoms with E-state index in [-0.39, 0.29) is 16.4 Å². The van der Waals surface area contributed by atoms with Gasteiger partial charge in [-0.1, -0.05) is 120 Å². The molecule has 0 bridgehead atoms. The lowest BCUT2D eigenvalue weighted by atomic mass is 9.60. The van der Waals surface area contributed by atoms with Crippen LogP contribution in [0.5, 0.6) is 0 Å². The lowest BCUT2D eigenvalue weighted by Gasteiger charge is -2.21. The van der Waals surface area contributed by atoms with Crippen molar-refractivity contribution in [2.75, 3.05) is 0 Å². The van der Waals surface area contributed by atoms with Crippen LogP contribution in [0.3, 0.4) is 0 Å². The quantitative estimate of drug-likeness (QED) is 0.164. The standard InChI is InChI=1S/C52H28B5N3/c53-47-46(48(54)50(56)51(57)49(47)55)29-22-24-31(25-23-29)58-40-19-9-6-15-33(40)37-26-38-34-16-7-11-21-42(34)60(45(38)28-44(37)58)43-27-39-35-17-8-10-20-41(35)59(30-12-2-1-3-13-30)52(39)36-18-5-4-14-32(36)43/h1-28H. The number of nitrogens with zero attached hydrogens (tertiary/aromatic N) is 3. The van der Waals surface area contributed by atoms with Gasteiger partial charge in [0.1, 0.15) is 39.2 Å². The van der Waals surface area contributed by atoms with E-state index in [1.54, 1.807) is 0 Å². The zero-order valence-electron chi connectivity index (χ0n) is 32.4. The number of fused-ring (bicyclic) bond motifs is 11. The zero-order chi connectivity index (χ0) is 40.4. The molecule has 0 atom stereocenters. The molecule has 9 aromatic carbocycles. The first-order valence-electron chi connectivity index (χ1n) is 20.0. The fourth-order valence-corrected chi connectivity index (χ4v) is 9.74. The van der Waals surface area contributed by atoms with Crippen LogP contribution in [-0.4, -0.2) is 52.9 Å². The molecule has 3 nitrogen and oxygen atoms in total. The van der Waals surface area contributed by atoms with E-state index in [9.17, 15) is 0 Å². The Morgan fingerprint density at radius 2 is 0.733 bits per heavy atom. The molecule has 0 aliphatic rings. The maximum Gasteiger partial charge on any atom is 0.113 e. The van der Waals surface area contributed by atoms with E-state index in [4.69, 9.17) is 39.2 Å². The molecule has 3 heterocycles. The van der Waals surface area contributed by atoms with Crippen LogP contribution >= 0.6 is 0 Å². The second-order valence-corrected chi connectivity index (χ2v) is 15.6. The molecule has 0 aliphatic carbocycles. The van der Waals surface area contributed by atoms with Gasteiger partial charge < -0.3 is 13.7 Å². The van der Waals surface area contributed by atoms with Crippen molar-refractivity contribution >= 4 is 143 Å². The largest absolute Gasteiger partial charge is 0.309 e. The molecule has 266 valence electrons. The van der Waals surface area contributed by atoms with Gasteiger partial charge in [-0.15, -0.1) is 16.4 Å². The van der Waals surface area contributed by atoms with Crippen molar-refractivity contribution in [2.24, 2.45) is 0 Å². The minimum absolute atomic E-state index is 0.200. The molecule has 0 aliphatic heterocycles. The van der Waals surface area contributed by atoms with Crippen LogP contribution in [0.25, 0.3) is 104 Å². The molecule has 60 heavy (non-hydrogen) atoms. The molecule has 0 saturated heterocycles. The number of hydrogen-bond donors (Lipinski definition) is 0.